The van der Waals surface area contributed by atoms with Gasteiger partial charge in [0.2, 0.25) is 23.6 Å². The maximum Gasteiger partial charge on any atom is 0.242 e. The highest BCUT2D eigenvalue weighted by molar-refractivity contribution is 7.22. The van der Waals surface area contributed by atoms with E-state index < -0.39 is 35.0 Å². The lowest BCUT2D eigenvalue weighted by molar-refractivity contribution is -0.131. The molecule has 9 nitrogen and oxygen atoms in total. The number of amides is 4. The average Bonchev–Trinajstić information content (AvgIpc) is 3.81. The van der Waals surface area contributed by atoms with Gasteiger partial charge in [-0.3, -0.25) is 28.8 Å². The summed E-state index contributed by atoms with van der Waals surface area (Å²) in [7, 11) is 1.72. The molecule has 5 aromatic rings. The van der Waals surface area contributed by atoms with E-state index in [2.05, 4.69) is 6.58 Å². The van der Waals surface area contributed by atoms with Gasteiger partial charge in [-0.15, -0.1) is 11.3 Å². The fraction of sp³-hybridized carbons (Fsp3) is 0.262. The number of thiophene rings is 1. The summed E-state index contributed by atoms with van der Waals surface area (Å²) in [6.45, 7) is 7.64. The van der Waals surface area contributed by atoms with E-state index in [-0.39, 0.29) is 35.8 Å². The molecule has 2 saturated heterocycles. The molecule has 3 aromatic carbocycles. The van der Waals surface area contributed by atoms with Crippen LogP contribution in [0.3, 0.4) is 0 Å². The van der Waals surface area contributed by atoms with Crippen molar-refractivity contribution in [1.29, 1.82) is 0 Å². The van der Waals surface area contributed by atoms with Gasteiger partial charge >= 0.3 is 0 Å². The summed E-state index contributed by atoms with van der Waals surface area (Å²) in [5, 5.41) is 17.1. The zero-order valence-corrected chi connectivity index (χ0v) is 30.8. The molecular weight excluding hydrogens is 708 g/mol. The van der Waals surface area contributed by atoms with Gasteiger partial charge in [-0.25, -0.2) is 4.90 Å². The molecule has 6 atom stereocenters. The summed E-state index contributed by atoms with van der Waals surface area (Å²) in [6, 6.07) is 21.5. The van der Waals surface area contributed by atoms with Crippen molar-refractivity contribution in [2.24, 2.45) is 36.1 Å². The fourth-order valence-electron chi connectivity index (χ4n) is 9.55. The predicted molar refractivity (Wildman–Crippen MR) is 206 cm³/mol. The lowest BCUT2D eigenvalue weighted by Gasteiger charge is -2.49. The molecule has 9 rings (SSSR count). The van der Waals surface area contributed by atoms with Crippen LogP contribution in [0.5, 0.6) is 5.75 Å². The summed E-state index contributed by atoms with van der Waals surface area (Å²) >= 11 is 7.88. The van der Waals surface area contributed by atoms with Crippen LogP contribution in [0, 0.1) is 36.0 Å². The number of phenols is 1. The van der Waals surface area contributed by atoms with Crippen molar-refractivity contribution in [2.75, 3.05) is 9.80 Å². The Balaban J connectivity index is 1.14. The Bertz CT molecular complexity index is 2480. The van der Waals surface area contributed by atoms with Gasteiger partial charge < -0.3 is 5.11 Å². The van der Waals surface area contributed by atoms with Gasteiger partial charge in [0.15, 0.2) is 0 Å². The van der Waals surface area contributed by atoms with Gasteiger partial charge in [-0.1, -0.05) is 60.2 Å². The van der Waals surface area contributed by atoms with Gasteiger partial charge in [-0.2, -0.15) is 5.10 Å². The largest absolute Gasteiger partial charge is 0.508 e. The number of nitrogens with zero attached hydrogens (tertiary/aromatic N) is 4. The number of aromatic hydroxyl groups is 1. The average molecular weight is 743 g/mol. The third-order valence-corrected chi connectivity index (χ3v) is 13.6. The number of carbonyl (C=O) groups excluding carboxylic acids is 4. The molecule has 0 spiro atoms. The highest BCUT2D eigenvalue weighted by Gasteiger charge is 2.68. The Labute approximate surface area is 314 Å². The van der Waals surface area contributed by atoms with Crippen LogP contribution in [0.4, 0.5) is 11.5 Å². The molecule has 2 aromatic heterocycles. The standard InChI is InChI=1S/C42H35ClN4O5S/c1-5-22-9-12-25(13-10-22)46-38(49)28-15-14-27-30(35(28)40(46)51)19-31-39(50)47(41(52)42(31,3)36(27)23-7-6-8-26(48)17-23)34-20-32(44-45(34)4)37-21(2)29-18-24(43)11-16-33(29)53-37/h5-14,16-18,20,28,30-31,35-36,48H,1,15,19H2,2-4H3. The quantitative estimate of drug-likeness (QED) is 0.144. The molecule has 53 heavy (non-hydrogen) atoms. The van der Waals surface area contributed by atoms with Gasteiger partial charge in [0, 0.05) is 28.8 Å². The molecule has 3 fully saturated rings. The van der Waals surface area contributed by atoms with Gasteiger partial charge in [0.05, 0.1) is 33.7 Å². The molecule has 4 amide bonds. The monoisotopic (exact) mass is 742 g/mol. The van der Waals surface area contributed by atoms with Crippen molar-refractivity contribution in [3.05, 3.63) is 113 Å². The van der Waals surface area contributed by atoms with Crippen LogP contribution in [0.25, 0.3) is 26.7 Å². The normalized spacial score (nSPS) is 26.6. The van der Waals surface area contributed by atoms with E-state index in [4.69, 9.17) is 16.7 Å². The maximum absolute atomic E-state index is 15.0. The van der Waals surface area contributed by atoms with Gasteiger partial charge in [0.25, 0.3) is 0 Å². The first kappa shape index (κ1) is 33.5. The Hall–Kier alpha value is -5.32. The first-order chi connectivity index (χ1) is 25.4. The molecule has 2 aliphatic heterocycles. The zero-order valence-electron chi connectivity index (χ0n) is 29.2. The Morgan fingerprint density at radius 3 is 2.47 bits per heavy atom. The highest BCUT2D eigenvalue weighted by Crippen LogP contribution is 2.64. The molecular formula is C42H35ClN4O5S. The number of benzene rings is 3. The smallest absolute Gasteiger partial charge is 0.242 e. The van der Waals surface area contributed by atoms with E-state index in [9.17, 15) is 19.5 Å². The molecule has 11 heteroatoms. The summed E-state index contributed by atoms with van der Waals surface area (Å²) in [4.78, 5) is 61.6. The molecule has 6 unspecified atom stereocenters. The van der Waals surface area contributed by atoms with Gasteiger partial charge in [-0.05, 0) is 97.1 Å². The summed E-state index contributed by atoms with van der Waals surface area (Å²) in [5.41, 5.74) is 3.29. The lowest BCUT2D eigenvalue weighted by atomic mass is 9.51. The van der Waals surface area contributed by atoms with Crippen molar-refractivity contribution in [1.82, 2.24) is 9.78 Å². The molecule has 1 N–H and O–H groups in total. The number of phenolic OH excluding ortho intramolecular Hbond substituents is 1. The van der Waals surface area contributed by atoms with Gasteiger partial charge in [0.1, 0.15) is 17.3 Å². The number of anilines is 2. The number of aromatic nitrogens is 2. The number of hydrogen-bond donors (Lipinski definition) is 1. The van der Waals surface area contributed by atoms with Crippen molar-refractivity contribution < 1.29 is 24.3 Å². The van der Waals surface area contributed by atoms with E-state index in [1.807, 2.05) is 56.3 Å². The van der Waals surface area contributed by atoms with E-state index in [0.717, 1.165) is 31.7 Å². The topological polar surface area (TPSA) is 113 Å². The Morgan fingerprint density at radius 2 is 1.74 bits per heavy atom. The van der Waals surface area contributed by atoms with Crippen molar-refractivity contribution in [3.8, 4) is 16.3 Å². The number of rotatable bonds is 5. The molecule has 0 radical (unpaired) electrons. The van der Waals surface area contributed by atoms with E-state index in [1.165, 1.54) is 9.80 Å². The van der Waals surface area contributed by atoms with Crippen LogP contribution in [0.1, 0.15) is 42.4 Å². The van der Waals surface area contributed by atoms with Crippen molar-refractivity contribution in [2.45, 2.75) is 32.6 Å². The first-order valence-electron chi connectivity index (χ1n) is 17.6. The van der Waals surface area contributed by atoms with Crippen LogP contribution in [-0.2, 0) is 26.2 Å². The van der Waals surface area contributed by atoms with Crippen LogP contribution >= 0.6 is 22.9 Å². The van der Waals surface area contributed by atoms with Crippen molar-refractivity contribution >= 4 is 74.2 Å². The molecule has 1 saturated carbocycles. The summed E-state index contributed by atoms with van der Waals surface area (Å²) in [6.07, 6.45) is 4.26. The number of allylic oxidation sites excluding steroid dienone is 2. The van der Waals surface area contributed by atoms with E-state index in [1.54, 1.807) is 65.5 Å². The molecule has 2 aliphatic carbocycles. The zero-order chi connectivity index (χ0) is 37.1. The van der Waals surface area contributed by atoms with E-state index in [0.29, 0.717) is 34.2 Å². The Morgan fingerprint density at radius 1 is 0.962 bits per heavy atom. The minimum Gasteiger partial charge on any atom is -0.508 e. The minimum atomic E-state index is -1.25. The second kappa shape index (κ2) is 11.8. The molecule has 4 aliphatic rings. The first-order valence-corrected chi connectivity index (χ1v) is 18.8. The van der Waals surface area contributed by atoms with Crippen molar-refractivity contribution in [3.63, 3.8) is 0 Å². The van der Waals surface area contributed by atoms with Crippen LogP contribution < -0.4 is 9.80 Å². The molecule has 4 heterocycles. The molecule has 266 valence electrons. The number of fused-ring (bicyclic) bond motifs is 5. The van der Waals surface area contributed by atoms with Crippen LogP contribution in [0.2, 0.25) is 5.02 Å². The second-order valence-corrected chi connectivity index (χ2v) is 16.3. The predicted octanol–water partition coefficient (Wildman–Crippen LogP) is 8.05. The highest BCUT2D eigenvalue weighted by atomic mass is 35.5. The number of aryl methyl sites for hydroxylation is 2. The number of imide groups is 2. The van der Waals surface area contributed by atoms with E-state index >= 15 is 4.79 Å². The number of hydrogen-bond acceptors (Lipinski definition) is 7. The SMILES string of the molecule is C=Cc1ccc(N2C(=O)C3CC=C4C(CC5C(=O)N(c6cc(-c7sc8ccc(Cl)cc8c7C)nn6C)C(=O)C5(C)C4c4cccc(O)c4)C3C2=O)cc1. The lowest BCUT2D eigenvalue weighted by Crippen LogP contribution is -2.48. The number of halogens is 1. The molecule has 0 bridgehead atoms. The second-order valence-electron chi connectivity index (χ2n) is 14.8. The van der Waals surface area contributed by atoms with Crippen LogP contribution in [-0.4, -0.2) is 38.5 Å². The fourth-order valence-corrected chi connectivity index (χ4v) is 10.9. The number of carbonyl (C=O) groups is 4. The third kappa shape index (κ3) is 4.71. The Kier molecular flexibility index (Phi) is 7.49. The minimum absolute atomic E-state index is 0.0326. The summed E-state index contributed by atoms with van der Waals surface area (Å²) < 4.78 is 2.62. The maximum atomic E-state index is 15.0. The van der Waals surface area contributed by atoms with Crippen LogP contribution in [0.15, 0.2) is 91.0 Å². The summed E-state index contributed by atoms with van der Waals surface area (Å²) in [5.74, 6) is -4.11. The third-order valence-electron chi connectivity index (χ3n) is 12.1.